The molecule has 0 aliphatic heterocycles. The highest BCUT2D eigenvalue weighted by Gasteiger charge is 2.38. The molecule has 0 atom stereocenters. The van der Waals surface area contributed by atoms with E-state index in [0.717, 1.165) is 10.9 Å². The van der Waals surface area contributed by atoms with Gasteiger partial charge in [-0.25, -0.2) is 14.5 Å². The number of carbonyl (C=O) groups is 2. The molecule has 13 heteroatoms. The third-order valence-corrected chi connectivity index (χ3v) is 3.92. The minimum atomic E-state index is -5.08. The number of aliphatic carboxylic acids is 1. The molecule has 0 saturated carbocycles. The molecule has 3 heterocycles. The van der Waals surface area contributed by atoms with Crippen molar-refractivity contribution in [3.05, 3.63) is 24.4 Å². The van der Waals surface area contributed by atoms with Crippen molar-refractivity contribution in [2.75, 3.05) is 12.4 Å². The molecule has 0 spiro atoms. The van der Waals surface area contributed by atoms with E-state index in [1.165, 1.54) is 0 Å². The molecule has 3 aromatic rings. The summed E-state index contributed by atoms with van der Waals surface area (Å²) < 4.78 is 38.4. The van der Waals surface area contributed by atoms with E-state index in [0.29, 0.717) is 29.5 Å². The lowest BCUT2D eigenvalue weighted by molar-refractivity contribution is -0.192. The molecule has 0 saturated heterocycles. The Bertz CT molecular complexity index is 1100. The van der Waals surface area contributed by atoms with Crippen molar-refractivity contribution in [1.29, 1.82) is 0 Å². The van der Waals surface area contributed by atoms with Crippen molar-refractivity contribution in [3.63, 3.8) is 0 Å². The molecule has 0 aromatic carbocycles. The number of ether oxygens (including phenoxy) is 1. The number of rotatable bonds is 5. The van der Waals surface area contributed by atoms with Crippen molar-refractivity contribution in [2.24, 2.45) is 13.0 Å². The third-order valence-electron chi connectivity index (χ3n) is 3.92. The Morgan fingerprint density at radius 1 is 1.25 bits per heavy atom. The van der Waals surface area contributed by atoms with Crippen molar-refractivity contribution in [1.82, 2.24) is 25.0 Å². The lowest BCUT2D eigenvalue weighted by Crippen LogP contribution is -2.21. The second-order valence-corrected chi connectivity index (χ2v) is 6.98. The van der Waals surface area contributed by atoms with Crippen LogP contribution in [0.3, 0.4) is 0 Å². The van der Waals surface area contributed by atoms with Gasteiger partial charge in [-0.15, -0.1) is 10.2 Å². The van der Waals surface area contributed by atoms with E-state index in [2.05, 4.69) is 25.6 Å². The molecule has 0 bridgehead atoms. The maximum atomic E-state index is 12.1. The number of hydrogen-bond acceptors (Lipinski definition) is 7. The first-order valence-corrected chi connectivity index (χ1v) is 9.23. The fraction of sp³-hybridized carbons (Fsp3) is 0.368. The first kappa shape index (κ1) is 24.5. The van der Waals surface area contributed by atoms with Gasteiger partial charge >= 0.3 is 12.1 Å². The number of amides is 1. The maximum Gasteiger partial charge on any atom is 0.490 e. The van der Waals surface area contributed by atoms with Gasteiger partial charge in [-0.1, -0.05) is 13.8 Å². The van der Waals surface area contributed by atoms with E-state index in [4.69, 9.17) is 14.6 Å². The van der Waals surface area contributed by atoms with Crippen LogP contribution < -0.4 is 10.1 Å². The molecule has 10 nitrogen and oxygen atoms in total. The number of aryl methyl sites for hydroxylation is 1. The average Bonchev–Trinajstić information content (AvgIpc) is 3.02. The molecule has 0 aliphatic carbocycles. The summed E-state index contributed by atoms with van der Waals surface area (Å²) in [6.45, 7) is 3.99. The molecule has 2 N–H and O–H groups in total. The lowest BCUT2D eigenvalue weighted by atomic mass is 10.1. The van der Waals surface area contributed by atoms with E-state index in [9.17, 15) is 18.0 Å². The van der Waals surface area contributed by atoms with Crippen molar-refractivity contribution < 1.29 is 32.6 Å². The molecule has 0 aliphatic rings. The van der Waals surface area contributed by atoms with Crippen LogP contribution in [0.15, 0.2) is 24.4 Å². The number of alkyl halides is 3. The Labute approximate surface area is 180 Å². The molecule has 32 heavy (non-hydrogen) atoms. The van der Waals surface area contributed by atoms with Gasteiger partial charge in [-0.2, -0.15) is 18.3 Å². The van der Waals surface area contributed by atoms with Crippen LogP contribution in [0.2, 0.25) is 0 Å². The number of carboxylic acids is 1. The fourth-order valence-corrected chi connectivity index (χ4v) is 2.49. The second-order valence-electron chi connectivity index (χ2n) is 6.98. The standard InChI is InChI=1S/C17H20N6O2.C2HF3O2/c1-10(2)7-14(24)19-16-12-8-13(20-21-17(12)23(3)22-16)11-5-6-15(25-4)18-9-11;3-2(4,5)1(6)7/h5-6,8-10H,7H2,1-4H3,(H,19,22,24);(H,6,7). The molecule has 0 fully saturated rings. The quantitative estimate of drug-likeness (QED) is 0.601. The highest BCUT2D eigenvalue weighted by atomic mass is 19.4. The van der Waals surface area contributed by atoms with Crippen LogP contribution in [0.5, 0.6) is 5.88 Å². The lowest BCUT2D eigenvalue weighted by Gasteiger charge is -2.05. The molecular formula is C19H21F3N6O4. The minimum absolute atomic E-state index is 0.0699. The highest BCUT2D eigenvalue weighted by Crippen LogP contribution is 2.26. The normalized spacial score (nSPS) is 11.1. The van der Waals surface area contributed by atoms with Crippen LogP contribution in [0.1, 0.15) is 20.3 Å². The van der Waals surface area contributed by atoms with Gasteiger partial charge in [0.1, 0.15) is 0 Å². The molecule has 3 aromatic heterocycles. The number of pyridine rings is 1. The van der Waals surface area contributed by atoms with Crippen LogP contribution in [0.4, 0.5) is 19.0 Å². The number of nitrogens with one attached hydrogen (secondary N) is 1. The summed E-state index contributed by atoms with van der Waals surface area (Å²) >= 11 is 0. The number of carboxylic acid groups (broad SMARTS) is 1. The van der Waals surface area contributed by atoms with Gasteiger partial charge in [-0.05, 0) is 18.1 Å². The second kappa shape index (κ2) is 10.0. The maximum absolute atomic E-state index is 12.1. The number of aromatic nitrogens is 5. The zero-order valence-corrected chi connectivity index (χ0v) is 17.6. The van der Waals surface area contributed by atoms with Crippen LogP contribution in [0.25, 0.3) is 22.3 Å². The number of methoxy groups -OCH3 is 1. The molecule has 0 radical (unpaired) electrons. The summed E-state index contributed by atoms with van der Waals surface area (Å²) in [6.07, 6.45) is -2.98. The predicted molar refractivity (Wildman–Crippen MR) is 108 cm³/mol. The molecule has 1 amide bonds. The van der Waals surface area contributed by atoms with Gasteiger partial charge in [-0.3, -0.25) is 4.79 Å². The van der Waals surface area contributed by atoms with Gasteiger partial charge in [0.2, 0.25) is 11.8 Å². The number of hydrogen-bond donors (Lipinski definition) is 2. The van der Waals surface area contributed by atoms with Crippen molar-refractivity contribution in [3.8, 4) is 17.1 Å². The van der Waals surface area contributed by atoms with Gasteiger partial charge in [0.25, 0.3) is 0 Å². The largest absolute Gasteiger partial charge is 0.490 e. The third kappa shape index (κ3) is 6.36. The fourth-order valence-electron chi connectivity index (χ4n) is 2.49. The van der Waals surface area contributed by atoms with Crippen LogP contribution in [-0.2, 0) is 16.6 Å². The number of carbonyl (C=O) groups excluding carboxylic acids is 1. The number of halogens is 3. The summed E-state index contributed by atoms with van der Waals surface area (Å²) in [7, 11) is 3.33. The van der Waals surface area contributed by atoms with E-state index < -0.39 is 12.1 Å². The number of fused-ring (bicyclic) bond motifs is 1. The summed E-state index contributed by atoms with van der Waals surface area (Å²) in [5.41, 5.74) is 2.05. The molecule has 3 rings (SSSR count). The van der Waals surface area contributed by atoms with E-state index in [1.54, 1.807) is 31.1 Å². The molecule has 172 valence electrons. The summed E-state index contributed by atoms with van der Waals surface area (Å²) in [4.78, 5) is 25.2. The highest BCUT2D eigenvalue weighted by molar-refractivity contribution is 5.99. The molecular weight excluding hydrogens is 433 g/mol. The number of nitrogens with zero attached hydrogens (tertiary/aromatic N) is 5. The zero-order valence-electron chi connectivity index (χ0n) is 17.6. The summed E-state index contributed by atoms with van der Waals surface area (Å²) in [6, 6.07) is 5.47. The van der Waals surface area contributed by atoms with E-state index in [-0.39, 0.29) is 11.8 Å². The summed E-state index contributed by atoms with van der Waals surface area (Å²) in [5, 5.41) is 23.5. The summed E-state index contributed by atoms with van der Waals surface area (Å²) in [5.74, 6) is -1.54. The Morgan fingerprint density at radius 3 is 2.41 bits per heavy atom. The van der Waals surface area contributed by atoms with Gasteiger partial charge in [0.05, 0.1) is 18.2 Å². The van der Waals surface area contributed by atoms with Crippen molar-refractivity contribution >= 4 is 28.7 Å². The van der Waals surface area contributed by atoms with E-state index in [1.807, 2.05) is 26.0 Å². The van der Waals surface area contributed by atoms with Gasteiger partial charge in [0.15, 0.2) is 11.5 Å². The minimum Gasteiger partial charge on any atom is -0.481 e. The zero-order chi connectivity index (χ0) is 24.1. The van der Waals surface area contributed by atoms with Crippen LogP contribution in [0, 0.1) is 5.92 Å². The first-order chi connectivity index (χ1) is 14.9. The smallest absolute Gasteiger partial charge is 0.481 e. The Morgan fingerprint density at radius 2 is 1.91 bits per heavy atom. The van der Waals surface area contributed by atoms with Gasteiger partial charge < -0.3 is 15.2 Å². The molecule has 0 unspecified atom stereocenters. The Balaban J connectivity index is 0.000000451. The first-order valence-electron chi connectivity index (χ1n) is 9.23. The van der Waals surface area contributed by atoms with Crippen LogP contribution in [-0.4, -0.2) is 55.2 Å². The SMILES string of the molecule is COc1ccc(-c2cc3c(NC(=O)CC(C)C)nn(C)c3nn2)cn1.O=C(O)C(F)(F)F. The Hall–Kier alpha value is -3.77. The number of anilines is 1. The van der Waals surface area contributed by atoms with Crippen LogP contribution >= 0.6 is 0 Å². The van der Waals surface area contributed by atoms with E-state index >= 15 is 0 Å². The topological polar surface area (TPSA) is 132 Å². The van der Waals surface area contributed by atoms with Crippen molar-refractivity contribution in [2.45, 2.75) is 26.4 Å². The monoisotopic (exact) mass is 454 g/mol. The average molecular weight is 454 g/mol. The van der Waals surface area contributed by atoms with Gasteiger partial charge in [0, 0.05) is 31.3 Å². The Kier molecular flexibility index (Phi) is 7.67. The predicted octanol–water partition coefficient (Wildman–Crippen LogP) is 3.05.